The molecule has 1 saturated carbocycles. The van der Waals surface area contributed by atoms with Gasteiger partial charge in [0.1, 0.15) is 0 Å². The monoisotopic (exact) mass is 296 g/mol. The fourth-order valence-electron chi connectivity index (χ4n) is 2.47. The Bertz CT molecular complexity index is 563. The van der Waals surface area contributed by atoms with Crippen LogP contribution in [0.2, 0.25) is 0 Å². The second-order valence-corrected chi connectivity index (χ2v) is 7.79. The van der Waals surface area contributed by atoms with E-state index in [0.29, 0.717) is 23.9 Å². The van der Waals surface area contributed by atoms with Crippen molar-refractivity contribution in [3.05, 3.63) is 29.8 Å². The third-order valence-corrected chi connectivity index (χ3v) is 5.72. The summed E-state index contributed by atoms with van der Waals surface area (Å²) < 4.78 is 27.5. The van der Waals surface area contributed by atoms with E-state index in [2.05, 4.69) is 23.9 Å². The lowest BCUT2D eigenvalue weighted by molar-refractivity contribution is 0.357. The highest BCUT2D eigenvalue weighted by Gasteiger charge is 2.45. The topological polar surface area (TPSA) is 58.2 Å². The van der Waals surface area contributed by atoms with Gasteiger partial charge in [0.2, 0.25) is 10.0 Å². The molecule has 112 valence electrons. The molecule has 0 radical (unpaired) electrons. The largest absolute Gasteiger partial charge is 0.316 e. The second kappa shape index (κ2) is 5.84. The van der Waals surface area contributed by atoms with E-state index in [1.54, 1.807) is 18.2 Å². The Balaban J connectivity index is 2.08. The SMILES string of the molecule is CNCc1cccc(S(=O)(=O)NCC2(C(C)C)CC2)c1. The summed E-state index contributed by atoms with van der Waals surface area (Å²) in [6.45, 7) is 5.53. The first-order valence-electron chi connectivity index (χ1n) is 7.13. The lowest BCUT2D eigenvalue weighted by atomic mass is 9.93. The van der Waals surface area contributed by atoms with E-state index in [9.17, 15) is 8.42 Å². The van der Waals surface area contributed by atoms with E-state index in [-0.39, 0.29) is 5.41 Å². The molecule has 0 unspecified atom stereocenters. The summed E-state index contributed by atoms with van der Waals surface area (Å²) in [6.07, 6.45) is 2.24. The minimum Gasteiger partial charge on any atom is -0.316 e. The van der Waals surface area contributed by atoms with Gasteiger partial charge in [-0.15, -0.1) is 0 Å². The molecule has 0 spiro atoms. The molecular formula is C15H24N2O2S. The molecule has 0 aliphatic heterocycles. The maximum Gasteiger partial charge on any atom is 0.240 e. The molecule has 0 saturated heterocycles. The summed E-state index contributed by atoms with van der Waals surface area (Å²) in [5.74, 6) is 0.515. The minimum atomic E-state index is -3.41. The molecule has 0 amide bonds. The van der Waals surface area contributed by atoms with Gasteiger partial charge in [0.15, 0.2) is 0 Å². The molecule has 5 heteroatoms. The van der Waals surface area contributed by atoms with Crippen LogP contribution >= 0.6 is 0 Å². The first-order valence-corrected chi connectivity index (χ1v) is 8.61. The first-order chi connectivity index (χ1) is 9.39. The molecule has 1 aromatic rings. The second-order valence-electron chi connectivity index (χ2n) is 6.02. The Labute approximate surface area is 122 Å². The zero-order chi connectivity index (χ0) is 14.8. The van der Waals surface area contributed by atoms with E-state index in [1.807, 2.05) is 13.1 Å². The standard InChI is InChI=1S/C15H24N2O2S/c1-12(2)15(7-8-15)11-17-20(18,19)14-6-4-5-13(9-14)10-16-3/h4-6,9,12,16-17H,7-8,10-11H2,1-3H3. The fraction of sp³-hybridized carbons (Fsp3) is 0.600. The highest BCUT2D eigenvalue weighted by atomic mass is 32.2. The van der Waals surface area contributed by atoms with Gasteiger partial charge < -0.3 is 5.32 Å². The van der Waals surface area contributed by atoms with Crippen molar-refractivity contribution in [2.75, 3.05) is 13.6 Å². The average molecular weight is 296 g/mol. The summed E-state index contributed by atoms with van der Waals surface area (Å²) in [4.78, 5) is 0.352. The zero-order valence-electron chi connectivity index (χ0n) is 12.4. The van der Waals surface area contributed by atoms with Crippen molar-refractivity contribution in [1.82, 2.24) is 10.0 Å². The van der Waals surface area contributed by atoms with E-state index in [4.69, 9.17) is 0 Å². The van der Waals surface area contributed by atoms with Gasteiger partial charge in [-0.1, -0.05) is 26.0 Å². The molecule has 2 N–H and O–H groups in total. The number of rotatable bonds is 7. The average Bonchev–Trinajstić information content (AvgIpc) is 3.19. The zero-order valence-corrected chi connectivity index (χ0v) is 13.3. The van der Waals surface area contributed by atoms with Gasteiger partial charge in [-0.05, 0) is 48.9 Å². The lowest BCUT2D eigenvalue weighted by Gasteiger charge is -2.20. The Morgan fingerprint density at radius 1 is 1.30 bits per heavy atom. The van der Waals surface area contributed by atoms with Crippen LogP contribution in [0, 0.1) is 11.3 Å². The smallest absolute Gasteiger partial charge is 0.240 e. The molecule has 2 rings (SSSR count). The molecule has 1 aromatic carbocycles. The predicted octanol–water partition coefficient (Wildman–Crippen LogP) is 2.12. The van der Waals surface area contributed by atoms with Gasteiger partial charge in [0.05, 0.1) is 4.90 Å². The van der Waals surface area contributed by atoms with Crippen LogP contribution in [0.1, 0.15) is 32.3 Å². The van der Waals surface area contributed by atoms with Crippen molar-refractivity contribution >= 4 is 10.0 Å². The summed E-state index contributed by atoms with van der Waals surface area (Å²) in [5.41, 5.74) is 1.15. The van der Waals surface area contributed by atoms with Crippen LogP contribution in [0.5, 0.6) is 0 Å². The van der Waals surface area contributed by atoms with E-state index >= 15 is 0 Å². The lowest BCUT2D eigenvalue weighted by Crippen LogP contribution is -2.32. The summed E-state index contributed by atoms with van der Waals surface area (Å²) in [7, 11) is -1.56. The third-order valence-electron chi connectivity index (χ3n) is 4.32. The van der Waals surface area contributed by atoms with E-state index in [0.717, 1.165) is 18.4 Å². The Morgan fingerprint density at radius 3 is 2.55 bits per heavy atom. The molecule has 1 aliphatic carbocycles. The van der Waals surface area contributed by atoms with Crippen molar-refractivity contribution in [3.63, 3.8) is 0 Å². The maximum atomic E-state index is 12.4. The number of hydrogen-bond acceptors (Lipinski definition) is 3. The van der Waals surface area contributed by atoms with Gasteiger partial charge in [-0.25, -0.2) is 13.1 Å². The predicted molar refractivity (Wildman–Crippen MR) is 80.9 cm³/mol. The van der Waals surface area contributed by atoms with Crippen LogP contribution in [0.25, 0.3) is 0 Å². The molecule has 0 bridgehead atoms. The summed E-state index contributed by atoms with van der Waals surface area (Å²) >= 11 is 0. The minimum absolute atomic E-state index is 0.176. The van der Waals surface area contributed by atoms with Crippen LogP contribution < -0.4 is 10.0 Å². The fourth-order valence-corrected chi connectivity index (χ4v) is 3.68. The van der Waals surface area contributed by atoms with Crippen molar-refractivity contribution < 1.29 is 8.42 Å². The van der Waals surface area contributed by atoms with E-state index < -0.39 is 10.0 Å². The van der Waals surface area contributed by atoms with Gasteiger partial charge in [0, 0.05) is 13.1 Å². The molecule has 0 aromatic heterocycles. The molecule has 1 fully saturated rings. The van der Waals surface area contributed by atoms with Crippen molar-refractivity contribution in [2.45, 2.75) is 38.1 Å². The van der Waals surface area contributed by atoms with Crippen LogP contribution in [0.3, 0.4) is 0 Å². The van der Waals surface area contributed by atoms with Crippen molar-refractivity contribution in [3.8, 4) is 0 Å². The summed E-state index contributed by atoms with van der Waals surface area (Å²) in [5, 5.41) is 3.03. The van der Waals surface area contributed by atoms with Crippen LogP contribution in [-0.4, -0.2) is 22.0 Å². The quantitative estimate of drug-likeness (QED) is 0.810. The molecule has 0 heterocycles. The third kappa shape index (κ3) is 3.40. The van der Waals surface area contributed by atoms with Gasteiger partial charge in [-0.2, -0.15) is 0 Å². The normalized spacial score (nSPS) is 17.4. The molecule has 4 nitrogen and oxygen atoms in total. The molecular weight excluding hydrogens is 272 g/mol. The highest BCUT2D eigenvalue weighted by Crippen LogP contribution is 2.51. The maximum absolute atomic E-state index is 12.4. The van der Waals surface area contributed by atoms with Gasteiger partial charge >= 0.3 is 0 Å². The number of hydrogen-bond donors (Lipinski definition) is 2. The Hall–Kier alpha value is -0.910. The van der Waals surface area contributed by atoms with E-state index in [1.165, 1.54) is 0 Å². The molecule has 1 aliphatic rings. The van der Waals surface area contributed by atoms with Crippen molar-refractivity contribution in [1.29, 1.82) is 0 Å². The van der Waals surface area contributed by atoms with Gasteiger partial charge in [0.25, 0.3) is 0 Å². The number of sulfonamides is 1. The van der Waals surface area contributed by atoms with Crippen LogP contribution in [0.4, 0.5) is 0 Å². The number of nitrogens with one attached hydrogen (secondary N) is 2. The van der Waals surface area contributed by atoms with Gasteiger partial charge in [-0.3, -0.25) is 0 Å². The Morgan fingerprint density at radius 2 is 2.00 bits per heavy atom. The van der Waals surface area contributed by atoms with Crippen LogP contribution in [0.15, 0.2) is 29.2 Å². The van der Waals surface area contributed by atoms with Crippen LogP contribution in [-0.2, 0) is 16.6 Å². The number of benzene rings is 1. The molecule has 0 atom stereocenters. The highest BCUT2D eigenvalue weighted by molar-refractivity contribution is 7.89. The Kier molecular flexibility index (Phi) is 4.52. The van der Waals surface area contributed by atoms with Crippen molar-refractivity contribution in [2.24, 2.45) is 11.3 Å². The summed E-state index contributed by atoms with van der Waals surface area (Å²) in [6, 6.07) is 7.09. The first kappa shape index (κ1) is 15.5. The molecule has 20 heavy (non-hydrogen) atoms.